The zero-order valence-corrected chi connectivity index (χ0v) is 14.6. The van der Waals surface area contributed by atoms with Gasteiger partial charge in [0, 0.05) is 33.0 Å². The molecule has 1 amide bonds. The molecule has 0 saturated carbocycles. The van der Waals surface area contributed by atoms with Crippen LogP contribution in [0.25, 0.3) is 0 Å². The number of hydrogen-bond acceptors (Lipinski definition) is 3. The maximum Gasteiger partial charge on any atom is 0.235 e. The van der Waals surface area contributed by atoms with Crippen LogP contribution in [0.2, 0.25) is 5.02 Å². The first-order valence-electron chi connectivity index (χ1n) is 6.98. The van der Waals surface area contributed by atoms with E-state index in [2.05, 4.69) is 5.32 Å². The fourth-order valence-electron chi connectivity index (χ4n) is 1.90. The van der Waals surface area contributed by atoms with E-state index >= 15 is 0 Å². The minimum atomic E-state index is -1.25. The molecule has 2 aromatic rings. The van der Waals surface area contributed by atoms with Crippen LogP contribution in [-0.4, -0.2) is 21.9 Å². The Labute approximate surface area is 142 Å². The van der Waals surface area contributed by atoms with Gasteiger partial charge in [-0.05, 0) is 42.5 Å². The second-order valence-electron chi connectivity index (χ2n) is 4.91. The van der Waals surface area contributed by atoms with E-state index < -0.39 is 16.0 Å². The predicted octanol–water partition coefficient (Wildman–Crippen LogP) is 3.40. The third-order valence-corrected chi connectivity index (χ3v) is 6.05. The van der Waals surface area contributed by atoms with Gasteiger partial charge in [-0.2, -0.15) is 0 Å². The lowest BCUT2D eigenvalue weighted by Gasteiger charge is -2.12. The third-order valence-electron chi connectivity index (χ3n) is 3.24. The lowest BCUT2D eigenvalue weighted by Crippen LogP contribution is -2.36. The molecule has 0 aliphatic heterocycles. The Morgan fingerprint density at radius 2 is 2.05 bits per heavy atom. The van der Waals surface area contributed by atoms with Gasteiger partial charge in [0.2, 0.25) is 5.91 Å². The van der Waals surface area contributed by atoms with Gasteiger partial charge in [0.05, 0.1) is 0 Å². The first-order valence-corrected chi connectivity index (χ1v) is 9.62. The Hall–Kier alpha value is -1.17. The monoisotopic (exact) mass is 355 g/mol. The molecule has 1 N–H and O–H groups in total. The van der Waals surface area contributed by atoms with Crippen LogP contribution in [0, 0.1) is 0 Å². The number of halogens is 1. The average Bonchev–Trinajstić information content (AvgIpc) is 3.02. The van der Waals surface area contributed by atoms with Crippen molar-refractivity contribution in [3.05, 3.63) is 57.2 Å². The first-order chi connectivity index (χ1) is 10.6. The van der Waals surface area contributed by atoms with Crippen molar-refractivity contribution in [3.63, 3.8) is 0 Å². The summed E-state index contributed by atoms with van der Waals surface area (Å²) in [5.74, 6) is 0.195. The van der Waals surface area contributed by atoms with Gasteiger partial charge in [0.15, 0.2) is 0 Å². The molecule has 118 valence electrons. The smallest absolute Gasteiger partial charge is 0.235 e. The van der Waals surface area contributed by atoms with Gasteiger partial charge in [-0.25, -0.2) is 0 Å². The fraction of sp³-hybridized carbons (Fsp3) is 0.312. The summed E-state index contributed by atoms with van der Waals surface area (Å²) in [6.07, 6.45) is 0.806. The number of rotatable bonds is 7. The summed E-state index contributed by atoms with van der Waals surface area (Å²) in [5.41, 5.74) is 0.918. The van der Waals surface area contributed by atoms with Gasteiger partial charge < -0.3 is 5.32 Å². The van der Waals surface area contributed by atoms with Crippen molar-refractivity contribution in [1.82, 2.24) is 5.32 Å². The topological polar surface area (TPSA) is 46.2 Å². The number of benzene rings is 1. The Kier molecular flexibility index (Phi) is 6.61. The Bertz CT molecular complexity index is 626. The zero-order valence-electron chi connectivity index (χ0n) is 12.3. The molecular weight excluding hydrogens is 338 g/mol. The zero-order chi connectivity index (χ0) is 15.9. The molecular formula is C16H18ClNO2S2. The van der Waals surface area contributed by atoms with Crippen molar-refractivity contribution in [2.75, 3.05) is 6.54 Å². The minimum absolute atomic E-state index is 0.163. The number of thiophene rings is 1. The highest BCUT2D eigenvalue weighted by Crippen LogP contribution is 2.13. The van der Waals surface area contributed by atoms with Gasteiger partial charge >= 0.3 is 0 Å². The highest BCUT2D eigenvalue weighted by Gasteiger charge is 2.19. The van der Waals surface area contributed by atoms with Gasteiger partial charge in [-0.3, -0.25) is 9.00 Å². The van der Waals surface area contributed by atoms with Crippen LogP contribution in [0.4, 0.5) is 0 Å². The van der Waals surface area contributed by atoms with Crippen LogP contribution in [0.15, 0.2) is 41.8 Å². The summed E-state index contributed by atoms with van der Waals surface area (Å²) in [7, 11) is -1.25. The summed E-state index contributed by atoms with van der Waals surface area (Å²) < 4.78 is 12.2. The summed E-state index contributed by atoms with van der Waals surface area (Å²) in [6, 6.07) is 11.2. The molecule has 1 aromatic heterocycles. The number of nitrogens with one attached hydrogen (secondary N) is 1. The van der Waals surface area contributed by atoms with Crippen LogP contribution in [0.3, 0.4) is 0 Å². The van der Waals surface area contributed by atoms with Crippen LogP contribution < -0.4 is 5.32 Å². The van der Waals surface area contributed by atoms with Crippen LogP contribution >= 0.6 is 22.9 Å². The molecule has 0 fully saturated rings. The molecule has 6 heteroatoms. The predicted molar refractivity (Wildman–Crippen MR) is 93.8 cm³/mol. The largest absolute Gasteiger partial charge is 0.355 e. The second kappa shape index (κ2) is 8.46. The van der Waals surface area contributed by atoms with Crippen LogP contribution in [-0.2, 0) is 27.8 Å². The number of carbonyl (C=O) groups is 1. The summed E-state index contributed by atoms with van der Waals surface area (Å²) in [6.45, 7) is 2.27. The molecule has 3 nitrogen and oxygen atoms in total. The highest BCUT2D eigenvalue weighted by molar-refractivity contribution is 7.85. The van der Waals surface area contributed by atoms with Gasteiger partial charge in [0.25, 0.3) is 0 Å². The average molecular weight is 356 g/mol. The highest BCUT2D eigenvalue weighted by atomic mass is 35.5. The third kappa shape index (κ3) is 5.23. The maximum atomic E-state index is 12.2. The maximum absolute atomic E-state index is 12.2. The number of hydrogen-bond donors (Lipinski definition) is 1. The molecule has 1 aromatic carbocycles. The normalized spacial score (nSPS) is 13.5. The molecule has 1 heterocycles. The minimum Gasteiger partial charge on any atom is -0.355 e. The molecule has 0 spiro atoms. The van der Waals surface area contributed by atoms with Crippen molar-refractivity contribution >= 4 is 39.6 Å². The number of amides is 1. The van der Waals surface area contributed by atoms with E-state index in [0.29, 0.717) is 17.3 Å². The van der Waals surface area contributed by atoms with E-state index in [1.54, 1.807) is 30.4 Å². The first kappa shape index (κ1) is 17.2. The van der Waals surface area contributed by atoms with Crippen LogP contribution in [0.5, 0.6) is 0 Å². The summed E-state index contributed by atoms with van der Waals surface area (Å²) in [5, 5.41) is 4.98. The van der Waals surface area contributed by atoms with Crippen molar-refractivity contribution in [3.8, 4) is 0 Å². The SMILES string of the molecule is CC(C(=O)NCCc1cccs1)S(=O)Cc1ccc(Cl)cc1. The molecule has 0 bridgehead atoms. The van der Waals surface area contributed by atoms with Gasteiger partial charge in [-0.15, -0.1) is 11.3 Å². The van der Waals surface area contributed by atoms with E-state index in [9.17, 15) is 9.00 Å². The van der Waals surface area contributed by atoms with Gasteiger partial charge in [0.1, 0.15) is 5.25 Å². The van der Waals surface area contributed by atoms with E-state index in [1.165, 1.54) is 4.88 Å². The van der Waals surface area contributed by atoms with Gasteiger partial charge in [-0.1, -0.05) is 29.8 Å². The lowest BCUT2D eigenvalue weighted by atomic mass is 10.2. The molecule has 0 saturated heterocycles. The van der Waals surface area contributed by atoms with Crippen molar-refractivity contribution in [2.24, 2.45) is 0 Å². The van der Waals surface area contributed by atoms with E-state index in [0.717, 1.165) is 12.0 Å². The van der Waals surface area contributed by atoms with Crippen molar-refractivity contribution in [2.45, 2.75) is 24.3 Å². The second-order valence-corrected chi connectivity index (χ2v) is 8.14. The van der Waals surface area contributed by atoms with E-state index in [-0.39, 0.29) is 5.91 Å². The molecule has 2 atom stereocenters. The molecule has 0 aliphatic rings. The van der Waals surface area contributed by atoms with Crippen molar-refractivity contribution < 1.29 is 9.00 Å². The van der Waals surface area contributed by atoms with E-state index in [1.807, 2.05) is 29.6 Å². The summed E-state index contributed by atoms with van der Waals surface area (Å²) >= 11 is 7.49. The molecule has 0 radical (unpaired) electrons. The Balaban J connectivity index is 1.79. The Morgan fingerprint density at radius 3 is 2.68 bits per heavy atom. The van der Waals surface area contributed by atoms with Crippen LogP contribution in [0.1, 0.15) is 17.4 Å². The van der Waals surface area contributed by atoms with E-state index in [4.69, 9.17) is 11.6 Å². The fourth-order valence-corrected chi connectivity index (χ4v) is 3.82. The standard InChI is InChI=1S/C16H18ClNO2S2/c1-12(16(19)18-9-8-15-3-2-10-21-15)22(20)11-13-4-6-14(17)7-5-13/h2-7,10,12H,8-9,11H2,1H3,(H,18,19). The quantitative estimate of drug-likeness (QED) is 0.827. The number of carbonyl (C=O) groups excluding carboxylic acids is 1. The molecule has 0 aliphatic carbocycles. The Morgan fingerprint density at radius 1 is 1.32 bits per heavy atom. The summed E-state index contributed by atoms with van der Waals surface area (Å²) in [4.78, 5) is 13.3. The molecule has 2 unspecified atom stereocenters. The van der Waals surface area contributed by atoms with Crippen molar-refractivity contribution in [1.29, 1.82) is 0 Å². The lowest BCUT2D eigenvalue weighted by molar-refractivity contribution is -0.120. The molecule has 22 heavy (non-hydrogen) atoms. The molecule has 2 rings (SSSR count).